The summed E-state index contributed by atoms with van der Waals surface area (Å²) in [6.45, 7) is 7.52. The molecule has 17 heavy (non-hydrogen) atoms. The van der Waals surface area contributed by atoms with E-state index in [9.17, 15) is 4.79 Å². The molecule has 1 fully saturated rings. The van der Waals surface area contributed by atoms with Gasteiger partial charge in [0.25, 0.3) is 0 Å². The maximum absolute atomic E-state index is 12.4. The Labute approximate surface area is 104 Å². The topological polar surface area (TPSA) is 55.6 Å². The lowest BCUT2D eigenvalue weighted by molar-refractivity contribution is -0.187. The number of rotatable bonds is 4. The van der Waals surface area contributed by atoms with Crippen LogP contribution in [0, 0.1) is 17.3 Å². The molecule has 0 spiro atoms. The Hall–Kier alpha value is -0.610. The molecule has 1 saturated carbocycles. The number of carbonyl (C=O) groups is 1. The predicted molar refractivity (Wildman–Crippen MR) is 68.1 cm³/mol. The van der Waals surface area contributed by atoms with Crippen molar-refractivity contribution in [2.24, 2.45) is 23.0 Å². The first-order chi connectivity index (χ1) is 7.89. The number of nitrogens with two attached hydrogens (primary N) is 1. The molecule has 0 radical (unpaired) electrons. The third-order valence-electron chi connectivity index (χ3n) is 3.36. The Balaban J connectivity index is 2.65. The first kappa shape index (κ1) is 14.5. The normalized spacial score (nSPS) is 25.0. The smallest absolute Gasteiger partial charge is 0.249 e. The molecule has 2 atom stereocenters. The summed E-state index contributed by atoms with van der Waals surface area (Å²) in [4.78, 5) is 17.6. The monoisotopic (exact) mass is 242 g/mol. The summed E-state index contributed by atoms with van der Waals surface area (Å²) in [6.07, 6.45) is 3.12. The molecule has 0 aromatic heterocycles. The van der Waals surface area contributed by atoms with Crippen LogP contribution in [0.5, 0.6) is 0 Å². The van der Waals surface area contributed by atoms with Gasteiger partial charge in [-0.15, -0.1) is 0 Å². The maximum atomic E-state index is 12.4. The average molecular weight is 242 g/mol. The van der Waals surface area contributed by atoms with Crippen molar-refractivity contribution in [3.63, 3.8) is 0 Å². The third-order valence-corrected chi connectivity index (χ3v) is 3.36. The number of hydrogen-bond donors (Lipinski definition) is 1. The van der Waals surface area contributed by atoms with Crippen LogP contribution in [0.2, 0.25) is 0 Å². The maximum Gasteiger partial charge on any atom is 0.249 e. The van der Waals surface area contributed by atoms with Gasteiger partial charge in [-0.1, -0.05) is 27.2 Å². The molecule has 1 aliphatic rings. The van der Waals surface area contributed by atoms with Crippen molar-refractivity contribution in [2.45, 2.75) is 40.0 Å². The molecule has 4 heteroatoms. The summed E-state index contributed by atoms with van der Waals surface area (Å²) >= 11 is 0. The minimum Gasteiger partial charge on any atom is -0.330 e. The lowest BCUT2D eigenvalue weighted by atomic mass is 9.93. The Morgan fingerprint density at radius 2 is 2.06 bits per heavy atom. The molecule has 2 N–H and O–H groups in total. The molecule has 1 aliphatic carbocycles. The summed E-state index contributed by atoms with van der Waals surface area (Å²) < 4.78 is 0. The molecule has 0 aromatic rings. The van der Waals surface area contributed by atoms with Crippen LogP contribution >= 0.6 is 0 Å². The highest BCUT2D eigenvalue weighted by Crippen LogP contribution is 2.33. The van der Waals surface area contributed by atoms with Crippen molar-refractivity contribution >= 4 is 5.91 Å². The van der Waals surface area contributed by atoms with E-state index in [2.05, 4.69) is 20.8 Å². The van der Waals surface area contributed by atoms with E-state index in [1.54, 1.807) is 7.11 Å². The minimum absolute atomic E-state index is 0.0441. The van der Waals surface area contributed by atoms with Crippen LogP contribution in [0.3, 0.4) is 0 Å². The zero-order valence-electron chi connectivity index (χ0n) is 11.5. The molecule has 100 valence electrons. The number of hydroxylamine groups is 2. The Morgan fingerprint density at radius 3 is 2.53 bits per heavy atom. The van der Waals surface area contributed by atoms with Crippen molar-refractivity contribution in [3.8, 4) is 0 Å². The van der Waals surface area contributed by atoms with E-state index >= 15 is 0 Å². The predicted octanol–water partition coefficient (Wildman–Crippen LogP) is 1.80. The largest absolute Gasteiger partial charge is 0.330 e. The lowest BCUT2D eigenvalue weighted by Crippen LogP contribution is -2.42. The van der Waals surface area contributed by atoms with Crippen molar-refractivity contribution in [1.82, 2.24) is 5.06 Å². The van der Waals surface area contributed by atoms with E-state index in [0.717, 1.165) is 19.3 Å². The Bertz CT molecular complexity index is 261. The molecule has 0 saturated heterocycles. The molecule has 0 aliphatic heterocycles. The fourth-order valence-electron chi connectivity index (χ4n) is 2.49. The van der Waals surface area contributed by atoms with Crippen LogP contribution in [0.15, 0.2) is 0 Å². The van der Waals surface area contributed by atoms with Crippen molar-refractivity contribution < 1.29 is 9.63 Å². The van der Waals surface area contributed by atoms with Crippen molar-refractivity contribution in [1.29, 1.82) is 0 Å². The standard InChI is InChI=1S/C13H26N2O2/c1-13(2,3)9-15(17-4)12(16)11-7-5-6-10(11)8-14/h10-11H,5-9,14H2,1-4H3. The fraction of sp³-hybridized carbons (Fsp3) is 0.923. The molecule has 0 heterocycles. The summed E-state index contributed by atoms with van der Waals surface area (Å²) in [5, 5.41) is 1.51. The Morgan fingerprint density at radius 1 is 1.41 bits per heavy atom. The van der Waals surface area contributed by atoms with Gasteiger partial charge in [0.2, 0.25) is 5.91 Å². The zero-order valence-corrected chi connectivity index (χ0v) is 11.5. The van der Waals surface area contributed by atoms with Crippen LogP contribution < -0.4 is 5.73 Å². The Kier molecular flexibility index (Phi) is 4.95. The first-order valence-electron chi connectivity index (χ1n) is 6.44. The SMILES string of the molecule is CON(CC(C)(C)C)C(=O)C1CCCC1CN. The summed E-state index contributed by atoms with van der Waals surface area (Å²) in [7, 11) is 1.57. The van der Waals surface area contributed by atoms with Crippen LogP contribution in [0.4, 0.5) is 0 Å². The number of amides is 1. The second-order valence-electron chi connectivity index (χ2n) is 6.15. The van der Waals surface area contributed by atoms with Crippen LogP contribution in [0.1, 0.15) is 40.0 Å². The van der Waals surface area contributed by atoms with Crippen LogP contribution in [0.25, 0.3) is 0 Å². The van der Waals surface area contributed by atoms with E-state index < -0.39 is 0 Å². The van der Waals surface area contributed by atoms with Gasteiger partial charge in [0, 0.05) is 5.92 Å². The highest BCUT2D eigenvalue weighted by atomic mass is 16.7. The van der Waals surface area contributed by atoms with Gasteiger partial charge in [-0.2, -0.15) is 0 Å². The van der Waals surface area contributed by atoms with Gasteiger partial charge in [0.1, 0.15) is 0 Å². The van der Waals surface area contributed by atoms with Gasteiger partial charge in [0.05, 0.1) is 13.7 Å². The summed E-state index contributed by atoms with van der Waals surface area (Å²) in [5.74, 6) is 0.498. The van der Waals surface area contributed by atoms with Gasteiger partial charge in [-0.3, -0.25) is 9.63 Å². The highest BCUT2D eigenvalue weighted by molar-refractivity contribution is 5.78. The van der Waals surface area contributed by atoms with E-state index in [1.165, 1.54) is 5.06 Å². The van der Waals surface area contributed by atoms with E-state index in [-0.39, 0.29) is 17.2 Å². The zero-order chi connectivity index (χ0) is 13.1. The summed E-state index contributed by atoms with van der Waals surface area (Å²) in [5.41, 5.74) is 5.76. The molecular weight excluding hydrogens is 216 g/mol. The number of carbonyl (C=O) groups excluding carboxylic acids is 1. The van der Waals surface area contributed by atoms with Gasteiger partial charge >= 0.3 is 0 Å². The average Bonchev–Trinajstić information content (AvgIpc) is 2.71. The van der Waals surface area contributed by atoms with E-state index in [1.807, 2.05) is 0 Å². The van der Waals surface area contributed by atoms with E-state index in [4.69, 9.17) is 10.6 Å². The molecule has 1 rings (SSSR count). The van der Waals surface area contributed by atoms with E-state index in [0.29, 0.717) is 19.0 Å². The lowest BCUT2D eigenvalue weighted by Gasteiger charge is -2.31. The van der Waals surface area contributed by atoms with Crippen LogP contribution in [-0.4, -0.2) is 31.2 Å². The number of hydrogen-bond acceptors (Lipinski definition) is 3. The molecular formula is C13H26N2O2. The fourth-order valence-corrected chi connectivity index (χ4v) is 2.49. The quantitative estimate of drug-likeness (QED) is 0.765. The highest BCUT2D eigenvalue weighted by Gasteiger charge is 2.36. The molecule has 1 amide bonds. The second kappa shape index (κ2) is 5.83. The minimum atomic E-state index is 0.0441. The van der Waals surface area contributed by atoms with Crippen LogP contribution in [-0.2, 0) is 9.63 Å². The molecule has 0 bridgehead atoms. The van der Waals surface area contributed by atoms with Crippen molar-refractivity contribution in [2.75, 3.05) is 20.2 Å². The molecule has 4 nitrogen and oxygen atoms in total. The molecule has 2 unspecified atom stereocenters. The first-order valence-corrected chi connectivity index (χ1v) is 6.44. The van der Waals surface area contributed by atoms with Gasteiger partial charge < -0.3 is 5.73 Å². The van der Waals surface area contributed by atoms with Gasteiger partial charge in [0.15, 0.2) is 0 Å². The second-order valence-corrected chi connectivity index (χ2v) is 6.15. The van der Waals surface area contributed by atoms with Crippen molar-refractivity contribution in [3.05, 3.63) is 0 Å². The van der Waals surface area contributed by atoms with Gasteiger partial charge in [-0.05, 0) is 30.7 Å². The number of nitrogens with zero attached hydrogens (tertiary/aromatic N) is 1. The third kappa shape index (κ3) is 3.96. The summed E-state index contributed by atoms with van der Waals surface area (Å²) in [6, 6.07) is 0. The molecule has 0 aromatic carbocycles. The van der Waals surface area contributed by atoms with Gasteiger partial charge in [-0.25, -0.2) is 5.06 Å².